The number of benzene rings is 2. The molecule has 0 heterocycles. The van der Waals surface area contributed by atoms with E-state index in [2.05, 4.69) is 10.6 Å². The van der Waals surface area contributed by atoms with Crippen LogP contribution in [0.5, 0.6) is 0 Å². The number of alkyl carbamates (subject to hydrolysis) is 1. The van der Waals surface area contributed by atoms with E-state index in [-0.39, 0.29) is 19.1 Å². The van der Waals surface area contributed by atoms with Gasteiger partial charge < -0.3 is 20.5 Å². The second-order valence-electron chi connectivity index (χ2n) is 8.48. The number of carbonyl (C=O) groups excluding carboxylic acids is 2. The summed E-state index contributed by atoms with van der Waals surface area (Å²) in [6, 6.07) is 13.7. The van der Waals surface area contributed by atoms with Crippen molar-refractivity contribution >= 4 is 18.0 Å². The Kier molecular flexibility index (Phi) is 6.31. The quantitative estimate of drug-likeness (QED) is 0.533. The third-order valence-corrected chi connectivity index (χ3v) is 6.29. The molecule has 1 atom stereocenters. The van der Waals surface area contributed by atoms with Gasteiger partial charge in [-0.2, -0.15) is 0 Å². The second kappa shape index (κ2) is 9.17. The molecule has 2 aromatic carbocycles. The van der Waals surface area contributed by atoms with Gasteiger partial charge in [-0.05, 0) is 35.1 Å². The van der Waals surface area contributed by atoms with Gasteiger partial charge in [0.25, 0.3) is 6.43 Å². The fraction of sp³-hybridized carbons (Fsp3) is 0.375. The number of hydrogen-bond donors (Lipinski definition) is 3. The third-order valence-electron chi connectivity index (χ3n) is 6.29. The largest absolute Gasteiger partial charge is 0.481 e. The molecule has 7 nitrogen and oxygen atoms in total. The molecule has 1 saturated carbocycles. The molecule has 0 bridgehead atoms. The van der Waals surface area contributed by atoms with Crippen LogP contribution in [0.4, 0.5) is 13.6 Å². The number of halogens is 2. The molecule has 0 radical (unpaired) electrons. The Morgan fingerprint density at radius 1 is 1.03 bits per heavy atom. The van der Waals surface area contributed by atoms with Crippen molar-refractivity contribution in [2.24, 2.45) is 5.41 Å². The minimum absolute atomic E-state index is 0.0385. The highest BCUT2D eigenvalue weighted by atomic mass is 19.3. The number of alkyl halides is 2. The van der Waals surface area contributed by atoms with E-state index in [9.17, 15) is 23.2 Å². The van der Waals surface area contributed by atoms with E-state index in [1.807, 2.05) is 48.5 Å². The van der Waals surface area contributed by atoms with E-state index in [4.69, 9.17) is 9.84 Å². The standard InChI is InChI=1S/C24H24F2N2O5/c25-21(26)19(11-20(29)27-13-24(9-10-24)22(30)31)28-23(32)33-12-18-16-7-3-1-5-14(16)15-6-2-4-8-17(15)18/h1-8,18-19,21H,9-13H2,(H,27,29)(H,28,32)(H,30,31). The van der Waals surface area contributed by atoms with Crippen LogP contribution in [0.1, 0.15) is 36.3 Å². The summed E-state index contributed by atoms with van der Waals surface area (Å²) in [4.78, 5) is 35.5. The van der Waals surface area contributed by atoms with Crippen LogP contribution in [-0.4, -0.2) is 48.7 Å². The first kappa shape index (κ1) is 22.7. The fourth-order valence-electron chi connectivity index (χ4n) is 4.15. The van der Waals surface area contributed by atoms with Gasteiger partial charge in [-0.3, -0.25) is 9.59 Å². The van der Waals surface area contributed by atoms with Gasteiger partial charge >= 0.3 is 12.1 Å². The van der Waals surface area contributed by atoms with Crippen molar-refractivity contribution < 1.29 is 33.0 Å². The summed E-state index contributed by atoms with van der Waals surface area (Å²) >= 11 is 0. The van der Waals surface area contributed by atoms with E-state index in [0.29, 0.717) is 12.8 Å². The summed E-state index contributed by atoms with van der Waals surface area (Å²) in [7, 11) is 0. The Morgan fingerprint density at radius 2 is 1.61 bits per heavy atom. The van der Waals surface area contributed by atoms with E-state index >= 15 is 0 Å². The number of fused-ring (bicyclic) bond motifs is 3. The van der Waals surface area contributed by atoms with Crippen LogP contribution in [0, 0.1) is 5.41 Å². The number of hydrogen-bond acceptors (Lipinski definition) is 4. The second-order valence-corrected chi connectivity index (χ2v) is 8.48. The molecular weight excluding hydrogens is 434 g/mol. The molecule has 2 aromatic rings. The summed E-state index contributed by atoms with van der Waals surface area (Å²) in [6.45, 7) is -0.161. The summed E-state index contributed by atoms with van der Waals surface area (Å²) in [6.07, 6.45) is -3.86. The number of aliphatic carboxylic acids is 1. The highest BCUT2D eigenvalue weighted by Crippen LogP contribution is 2.45. The molecule has 33 heavy (non-hydrogen) atoms. The van der Waals surface area contributed by atoms with Crippen molar-refractivity contribution in [2.45, 2.75) is 37.6 Å². The predicted octanol–water partition coefficient (Wildman–Crippen LogP) is 3.53. The molecule has 1 fully saturated rings. The van der Waals surface area contributed by atoms with Crippen LogP contribution >= 0.6 is 0 Å². The topological polar surface area (TPSA) is 105 Å². The average molecular weight is 458 g/mol. The maximum Gasteiger partial charge on any atom is 0.407 e. The summed E-state index contributed by atoms with van der Waals surface area (Å²) < 4.78 is 32.1. The van der Waals surface area contributed by atoms with Crippen molar-refractivity contribution in [1.82, 2.24) is 10.6 Å². The number of amides is 2. The lowest BCUT2D eigenvalue weighted by Crippen LogP contribution is -2.45. The lowest BCUT2D eigenvalue weighted by molar-refractivity contribution is -0.143. The smallest absolute Gasteiger partial charge is 0.407 e. The number of nitrogens with one attached hydrogen (secondary N) is 2. The molecular formula is C24H24F2N2O5. The molecule has 9 heteroatoms. The molecule has 4 rings (SSSR count). The SMILES string of the molecule is O=C(CC(NC(=O)OCC1c2ccccc2-c2ccccc21)C(F)F)NCC1(C(=O)O)CC1. The van der Waals surface area contributed by atoms with Gasteiger partial charge in [0.1, 0.15) is 12.6 Å². The van der Waals surface area contributed by atoms with Crippen LogP contribution in [-0.2, 0) is 14.3 Å². The van der Waals surface area contributed by atoms with Gasteiger partial charge in [0.15, 0.2) is 0 Å². The lowest BCUT2D eigenvalue weighted by Gasteiger charge is -2.20. The van der Waals surface area contributed by atoms with E-state index in [0.717, 1.165) is 22.3 Å². The Hall–Kier alpha value is -3.49. The molecule has 174 valence electrons. The molecule has 2 aliphatic rings. The normalized spacial score (nSPS) is 16.5. The van der Waals surface area contributed by atoms with Crippen LogP contribution in [0.25, 0.3) is 11.1 Å². The monoisotopic (exact) mass is 458 g/mol. The molecule has 0 spiro atoms. The molecule has 0 aliphatic heterocycles. The van der Waals surface area contributed by atoms with Crippen molar-refractivity contribution in [1.29, 1.82) is 0 Å². The highest BCUT2D eigenvalue weighted by Gasteiger charge is 2.50. The maximum absolute atomic E-state index is 13.4. The minimum Gasteiger partial charge on any atom is -0.481 e. The molecule has 0 saturated heterocycles. The summed E-state index contributed by atoms with van der Waals surface area (Å²) in [5.74, 6) is -2.00. The first-order chi connectivity index (χ1) is 15.8. The predicted molar refractivity (Wildman–Crippen MR) is 115 cm³/mol. The van der Waals surface area contributed by atoms with Gasteiger partial charge in [0, 0.05) is 12.5 Å². The summed E-state index contributed by atoms with van der Waals surface area (Å²) in [5, 5.41) is 13.6. The molecule has 2 amide bonds. The van der Waals surface area contributed by atoms with E-state index in [1.54, 1.807) is 0 Å². The fourth-order valence-corrected chi connectivity index (χ4v) is 4.15. The number of rotatable bonds is 9. The third kappa shape index (κ3) is 4.81. The zero-order valence-electron chi connectivity index (χ0n) is 17.7. The van der Waals surface area contributed by atoms with Crippen molar-refractivity contribution in [3.05, 3.63) is 59.7 Å². The first-order valence-corrected chi connectivity index (χ1v) is 10.7. The van der Waals surface area contributed by atoms with Crippen molar-refractivity contribution in [3.63, 3.8) is 0 Å². The van der Waals surface area contributed by atoms with Gasteiger partial charge in [0.05, 0.1) is 11.8 Å². The molecule has 3 N–H and O–H groups in total. The highest BCUT2D eigenvalue weighted by molar-refractivity contribution is 5.82. The van der Waals surface area contributed by atoms with Gasteiger partial charge in [0.2, 0.25) is 5.91 Å². The van der Waals surface area contributed by atoms with E-state index < -0.39 is 42.3 Å². The van der Waals surface area contributed by atoms with Crippen LogP contribution in [0.3, 0.4) is 0 Å². The number of carboxylic acids is 1. The molecule has 0 aromatic heterocycles. The van der Waals surface area contributed by atoms with Crippen LogP contribution < -0.4 is 10.6 Å². The Labute approximate surface area is 189 Å². The lowest BCUT2D eigenvalue weighted by atomic mass is 9.98. The van der Waals surface area contributed by atoms with Gasteiger partial charge in [-0.1, -0.05) is 48.5 Å². The van der Waals surface area contributed by atoms with Crippen LogP contribution in [0.15, 0.2) is 48.5 Å². The zero-order chi connectivity index (χ0) is 23.6. The van der Waals surface area contributed by atoms with Gasteiger partial charge in [-0.25, -0.2) is 13.6 Å². The molecule has 2 aliphatic carbocycles. The van der Waals surface area contributed by atoms with Crippen molar-refractivity contribution in [3.8, 4) is 11.1 Å². The summed E-state index contributed by atoms with van der Waals surface area (Å²) in [5.41, 5.74) is 3.06. The Morgan fingerprint density at radius 3 is 2.12 bits per heavy atom. The number of carbonyl (C=O) groups is 3. The van der Waals surface area contributed by atoms with Crippen LogP contribution in [0.2, 0.25) is 0 Å². The van der Waals surface area contributed by atoms with Crippen molar-refractivity contribution in [2.75, 3.05) is 13.2 Å². The molecule has 1 unspecified atom stereocenters. The first-order valence-electron chi connectivity index (χ1n) is 10.7. The number of ether oxygens (including phenoxy) is 1. The Bertz CT molecular complexity index is 1020. The maximum atomic E-state index is 13.4. The Balaban J connectivity index is 1.32. The zero-order valence-corrected chi connectivity index (χ0v) is 17.7. The van der Waals surface area contributed by atoms with E-state index in [1.165, 1.54) is 0 Å². The minimum atomic E-state index is -2.99. The average Bonchev–Trinajstić information content (AvgIpc) is 3.53. The van der Waals surface area contributed by atoms with Gasteiger partial charge in [-0.15, -0.1) is 0 Å². The number of carboxylic acid groups (broad SMARTS) is 1.